The molecule has 1 aromatic heterocycles. The summed E-state index contributed by atoms with van der Waals surface area (Å²) in [6.45, 7) is 2.76. The summed E-state index contributed by atoms with van der Waals surface area (Å²) < 4.78 is 5.42. The molecule has 1 aliphatic rings. The van der Waals surface area contributed by atoms with Gasteiger partial charge in [-0.2, -0.15) is 5.26 Å². The third kappa shape index (κ3) is 2.05. The van der Waals surface area contributed by atoms with Gasteiger partial charge in [0.25, 0.3) is 0 Å². The molecule has 1 fully saturated rings. The summed E-state index contributed by atoms with van der Waals surface area (Å²) in [6.07, 6.45) is 4.17. The first kappa shape index (κ1) is 9.87. The van der Waals surface area contributed by atoms with Crippen molar-refractivity contribution >= 4 is 5.82 Å². The van der Waals surface area contributed by atoms with Crippen LogP contribution in [0.2, 0.25) is 0 Å². The van der Waals surface area contributed by atoms with Crippen molar-refractivity contribution in [2.75, 3.05) is 11.9 Å². The fourth-order valence-electron chi connectivity index (χ4n) is 1.62. The molecule has 1 saturated heterocycles. The highest BCUT2D eigenvalue weighted by Gasteiger charge is 2.25. The van der Waals surface area contributed by atoms with Crippen LogP contribution in [0.3, 0.4) is 0 Å². The molecule has 0 saturated carbocycles. The van der Waals surface area contributed by atoms with Crippen molar-refractivity contribution in [2.24, 2.45) is 0 Å². The molecule has 2 unspecified atom stereocenters. The molecular formula is C10H12N4O. The maximum atomic E-state index is 8.83. The molecule has 0 aliphatic carbocycles. The maximum absolute atomic E-state index is 8.83. The van der Waals surface area contributed by atoms with Crippen molar-refractivity contribution in [2.45, 2.75) is 25.5 Å². The van der Waals surface area contributed by atoms with Crippen molar-refractivity contribution in [3.8, 4) is 6.07 Å². The number of anilines is 1. The van der Waals surface area contributed by atoms with Gasteiger partial charge >= 0.3 is 0 Å². The van der Waals surface area contributed by atoms with E-state index in [1.54, 1.807) is 6.20 Å². The molecule has 0 bridgehead atoms. The molecule has 0 amide bonds. The third-order valence-electron chi connectivity index (χ3n) is 2.50. The molecule has 78 valence electrons. The maximum Gasteiger partial charge on any atom is 0.182 e. The second-order valence-corrected chi connectivity index (χ2v) is 3.48. The Morgan fingerprint density at radius 1 is 1.53 bits per heavy atom. The zero-order chi connectivity index (χ0) is 10.7. The van der Waals surface area contributed by atoms with Crippen molar-refractivity contribution in [1.29, 1.82) is 5.26 Å². The van der Waals surface area contributed by atoms with Crippen LogP contribution >= 0.6 is 0 Å². The number of ether oxygens (including phenoxy) is 1. The molecule has 1 N–H and O–H groups in total. The lowest BCUT2D eigenvalue weighted by atomic mass is 10.1. The van der Waals surface area contributed by atoms with E-state index in [0.717, 1.165) is 13.0 Å². The summed E-state index contributed by atoms with van der Waals surface area (Å²) in [7, 11) is 0. The van der Waals surface area contributed by atoms with E-state index in [0.29, 0.717) is 11.5 Å². The Bertz CT molecular complexity index is 387. The quantitative estimate of drug-likeness (QED) is 0.776. The summed E-state index contributed by atoms with van der Waals surface area (Å²) >= 11 is 0. The lowest BCUT2D eigenvalue weighted by Crippen LogP contribution is -2.27. The van der Waals surface area contributed by atoms with Crippen molar-refractivity contribution in [1.82, 2.24) is 9.97 Å². The van der Waals surface area contributed by atoms with E-state index in [-0.39, 0.29) is 12.1 Å². The first-order valence-electron chi connectivity index (χ1n) is 4.90. The Morgan fingerprint density at radius 3 is 3.00 bits per heavy atom. The van der Waals surface area contributed by atoms with E-state index in [1.807, 2.05) is 13.0 Å². The van der Waals surface area contributed by atoms with E-state index in [2.05, 4.69) is 15.3 Å². The molecule has 1 aromatic rings. The van der Waals surface area contributed by atoms with Crippen LogP contribution in [0.15, 0.2) is 12.4 Å². The van der Waals surface area contributed by atoms with Crippen molar-refractivity contribution in [3.63, 3.8) is 0 Å². The van der Waals surface area contributed by atoms with Gasteiger partial charge in [0.15, 0.2) is 11.5 Å². The number of hydrogen-bond donors (Lipinski definition) is 1. The standard InChI is InChI=1S/C10H12N4O/c1-7-8(2-5-15-7)14-10-9(6-11)12-3-4-13-10/h3-4,7-8H,2,5H2,1H3,(H,13,14). The predicted octanol–water partition coefficient (Wildman–Crippen LogP) is 0.938. The molecular weight excluding hydrogens is 192 g/mol. The number of rotatable bonds is 2. The van der Waals surface area contributed by atoms with Crippen LogP contribution in [0, 0.1) is 11.3 Å². The molecule has 5 nitrogen and oxygen atoms in total. The van der Waals surface area contributed by atoms with Gasteiger partial charge in [-0.3, -0.25) is 0 Å². The molecule has 5 heteroatoms. The fraction of sp³-hybridized carbons (Fsp3) is 0.500. The second-order valence-electron chi connectivity index (χ2n) is 3.48. The van der Waals surface area contributed by atoms with Crippen molar-refractivity contribution in [3.05, 3.63) is 18.1 Å². The number of nitrogens with one attached hydrogen (secondary N) is 1. The SMILES string of the molecule is CC1OCCC1Nc1nccnc1C#N. The Balaban J connectivity index is 2.14. The largest absolute Gasteiger partial charge is 0.376 e. The van der Waals surface area contributed by atoms with Gasteiger partial charge < -0.3 is 10.1 Å². The van der Waals surface area contributed by atoms with Crippen LogP contribution in [0.4, 0.5) is 5.82 Å². The molecule has 0 radical (unpaired) electrons. The van der Waals surface area contributed by atoms with Gasteiger partial charge in [-0.05, 0) is 13.3 Å². The van der Waals surface area contributed by atoms with Gasteiger partial charge in [0, 0.05) is 19.0 Å². The van der Waals surface area contributed by atoms with Crippen LogP contribution < -0.4 is 5.32 Å². The Morgan fingerprint density at radius 2 is 2.33 bits per heavy atom. The molecule has 1 aliphatic heterocycles. The van der Waals surface area contributed by atoms with Gasteiger partial charge in [0.1, 0.15) is 6.07 Å². The van der Waals surface area contributed by atoms with E-state index >= 15 is 0 Å². The first-order valence-corrected chi connectivity index (χ1v) is 4.90. The number of nitriles is 1. The van der Waals surface area contributed by atoms with Gasteiger partial charge in [0.2, 0.25) is 0 Å². The van der Waals surface area contributed by atoms with E-state index < -0.39 is 0 Å². The topological polar surface area (TPSA) is 70.8 Å². The summed E-state index contributed by atoms with van der Waals surface area (Å²) in [5.74, 6) is 0.544. The van der Waals surface area contributed by atoms with Gasteiger partial charge in [-0.15, -0.1) is 0 Å². The second kappa shape index (κ2) is 4.24. The Kier molecular flexibility index (Phi) is 2.79. The number of hydrogen-bond acceptors (Lipinski definition) is 5. The molecule has 2 rings (SSSR count). The average Bonchev–Trinajstić information content (AvgIpc) is 2.65. The lowest BCUT2D eigenvalue weighted by molar-refractivity contribution is 0.121. The van der Waals surface area contributed by atoms with Gasteiger partial charge in [-0.25, -0.2) is 9.97 Å². The predicted molar refractivity (Wildman–Crippen MR) is 54.2 cm³/mol. The third-order valence-corrected chi connectivity index (χ3v) is 2.50. The van der Waals surface area contributed by atoms with Crippen LogP contribution in [-0.2, 0) is 4.74 Å². The van der Waals surface area contributed by atoms with E-state index in [1.165, 1.54) is 6.20 Å². The minimum Gasteiger partial charge on any atom is -0.376 e. The Labute approximate surface area is 88.1 Å². The minimum absolute atomic E-state index is 0.151. The number of nitrogens with zero attached hydrogens (tertiary/aromatic N) is 3. The number of aromatic nitrogens is 2. The lowest BCUT2D eigenvalue weighted by Gasteiger charge is -2.16. The van der Waals surface area contributed by atoms with Crippen LogP contribution in [0.1, 0.15) is 19.0 Å². The summed E-state index contributed by atoms with van der Waals surface area (Å²) in [5, 5.41) is 12.0. The molecule has 2 atom stereocenters. The van der Waals surface area contributed by atoms with Crippen LogP contribution in [0.5, 0.6) is 0 Å². The van der Waals surface area contributed by atoms with Crippen LogP contribution in [-0.4, -0.2) is 28.7 Å². The monoisotopic (exact) mass is 204 g/mol. The minimum atomic E-state index is 0.151. The molecule has 2 heterocycles. The summed E-state index contributed by atoms with van der Waals surface area (Å²) in [4.78, 5) is 8.03. The summed E-state index contributed by atoms with van der Waals surface area (Å²) in [5.41, 5.74) is 0.330. The van der Waals surface area contributed by atoms with E-state index in [4.69, 9.17) is 10.00 Å². The molecule has 0 aromatic carbocycles. The summed E-state index contributed by atoms with van der Waals surface area (Å²) in [6, 6.07) is 2.22. The molecule has 0 spiro atoms. The highest BCUT2D eigenvalue weighted by molar-refractivity contribution is 5.47. The Hall–Kier alpha value is -1.67. The highest BCUT2D eigenvalue weighted by atomic mass is 16.5. The highest BCUT2D eigenvalue weighted by Crippen LogP contribution is 2.18. The first-order chi connectivity index (χ1) is 7.31. The zero-order valence-electron chi connectivity index (χ0n) is 8.47. The van der Waals surface area contributed by atoms with Gasteiger partial charge in [-0.1, -0.05) is 0 Å². The zero-order valence-corrected chi connectivity index (χ0v) is 8.47. The van der Waals surface area contributed by atoms with Crippen LogP contribution in [0.25, 0.3) is 0 Å². The smallest absolute Gasteiger partial charge is 0.182 e. The van der Waals surface area contributed by atoms with Gasteiger partial charge in [0.05, 0.1) is 12.1 Å². The van der Waals surface area contributed by atoms with Crippen molar-refractivity contribution < 1.29 is 4.74 Å². The molecule has 15 heavy (non-hydrogen) atoms. The normalized spacial score (nSPS) is 24.8. The average molecular weight is 204 g/mol. The fourth-order valence-corrected chi connectivity index (χ4v) is 1.62. The van der Waals surface area contributed by atoms with E-state index in [9.17, 15) is 0 Å².